The van der Waals surface area contributed by atoms with Gasteiger partial charge in [-0.2, -0.15) is 0 Å². The molecule has 0 radical (unpaired) electrons. The number of hydrogen-bond donors (Lipinski definition) is 0. The van der Waals surface area contributed by atoms with Crippen LogP contribution in [0.25, 0.3) is 121 Å². The first kappa shape index (κ1) is 30.4. The molecule has 0 spiro atoms. The Morgan fingerprint density at radius 3 is 1.40 bits per heavy atom. The summed E-state index contributed by atoms with van der Waals surface area (Å²) < 4.78 is 0. The minimum Gasteiger partial charge on any atom is -0.0622 e. The highest BCUT2D eigenvalue weighted by Crippen LogP contribution is 2.59. The van der Waals surface area contributed by atoms with Crippen molar-refractivity contribution in [2.45, 2.75) is 6.92 Å². The molecule has 0 fully saturated rings. The van der Waals surface area contributed by atoms with E-state index in [-0.39, 0.29) is 0 Å². The van der Waals surface area contributed by atoms with Crippen LogP contribution in [0.15, 0.2) is 188 Å². The predicted molar refractivity (Wildman–Crippen MR) is 234 cm³/mol. The first-order valence-electron chi connectivity index (χ1n) is 19.3. The highest BCUT2D eigenvalue weighted by molar-refractivity contribution is 6.29. The highest BCUT2D eigenvalue weighted by Gasteiger charge is 2.32. The van der Waals surface area contributed by atoms with Gasteiger partial charge in [0.05, 0.1) is 0 Å². The standard InChI is InChI=1S/C55H34/c1-33-23-25-40-44-29-27-39(42-19-11-21-43(52(42)44)48(40)31-33)37-24-26-45-49(32-37)51(36-17-9-4-10-18-36)55-47-30-28-38(34-13-5-2-6-14-34)41-20-12-22-46(53(41)47)54(55)50(45)35-15-7-3-8-16-35/h2-32H,1H3. The van der Waals surface area contributed by atoms with Gasteiger partial charge in [0.1, 0.15) is 0 Å². The number of hydrogen-bond acceptors (Lipinski definition) is 0. The average molecular weight is 695 g/mol. The van der Waals surface area contributed by atoms with Gasteiger partial charge >= 0.3 is 0 Å². The van der Waals surface area contributed by atoms with Crippen molar-refractivity contribution < 1.29 is 0 Å². The Morgan fingerprint density at radius 2 is 0.727 bits per heavy atom. The van der Waals surface area contributed by atoms with Crippen LogP contribution in [0, 0.1) is 6.92 Å². The van der Waals surface area contributed by atoms with Crippen molar-refractivity contribution in [2.24, 2.45) is 0 Å². The average Bonchev–Trinajstić information content (AvgIpc) is 3.74. The second kappa shape index (κ2) is 11.5. The summed E-state index contributed by atoms with van der Waals surface area (Å²) in [7, 11) is 0. The van der Waals surface area contributed by atoms with Crippen molar-refractivity contribution in [3.63, 3.8) is 0 Å². The Bertz CT molecular complexity index is 3220. The number of rotatable bonds is 4. The van der Waals surface area contributed by atoms with Crippen LogP contribution >= 0.6 is 0 Å². The molecule has 0 N–H and O–H groups in total. The summed E-state index contributed by atoms with van der Waals surface area (Å²) in [5, 5.41) is 7.85. The summed E-state index contributed by atoms with van der Waals surface area (Å²) in [5.74, 6) is 0. The molecule has 0 nitrogen and oxygen atoms in total. The maximum Gasteiger partial charge on any atom is -0.000741 e. The Morgan fingerprint density at radius 1 is 0.236 bits per heavy atom. The van der Waals surface area contributed by atoms with Crippen LogP contribution in [0.2, 0.25) is 0 Å². The van der Waals surface area contributed by atoms with E-state index < -0.39 is 0 Å². The fraction of sp³-hybridized carbons (Fsp3) is 0.0182. The van der Waals surface area contributed by atoms with E-state index in [1.165, 1.54) is 127 Å². The monoisotopic (exact) mass is 694 g/mol. The van der Waals surface area contributed by atoms with E-state index in [0.717, 1.165) is 0 Å². The summed E-state index contributed by atoms with van der Waals surface area (Å²) in [6.07, 6.45) is 0. The molecule has 0 atom stereocenters. The van der Waals surface area contributed by atoms with Gasteiger partial charge in [0.2, 0.25) is 0 Å². The summed E-state index contributed by atoms with van der Waals surface area (Å²) >= 11 is 0. The smallest absolute Gasteiger partial charge is 0.000741 e. The topological polar surface area (TPSA) is 0 Å². The van der Waals surface area contributed by atoms with E-state index in [1.54, 1.807) is 0 Å². The largest absolute Gasteiger partial charge is 0.0622 e. The summed E-state index contributed by atoms with van der Waals surface area (Å²) in [6.45, 7) is 2.19. The van der Waals surface area contributed by atoms with E-state index >= 15 is 0 Å². The third kappa shape index (κ3) is 4.28. The van der Waals surface area contributed by atoms with Gasteiger partial charge in [0, 0.05) is 0 Å². The first-order valence-corrected chi connectivity index (χ1v) is 19.3. The van der Waals surface area contributed by atoms with Gasteiger partial charge in [0.15, 0.2) is 0 Å². The molecule has 0 aliphatic heterocycles. The number of benzene rings is 10. The highest BCUT2D eigenvalue weighted by atomic mass is 14.3. The van der Waals surface area contributed by atoms with Crippen LogP contribution in [0.1, 0.15) is 5.56 Å². The molecule has 0 heteroatoms. The van der Waals surface area contributed by atoms with Crippen LogP contribution in [-0.4, -0.2) is 0 Å². The van der Waals surface area contributed by atoms with E-state index in [4.69, 9.17) is 0 Å². The normalized spacial score (nSPS) is 12.1. The lowest BCUT2D eigenvalue weighted by atomic mass is 9.81. The van der Waals surface area contributed by atoms with Crippen LogP contribution in [0.5, 0.6) is 0 Å². The third-order valence-corrected chi connectivity index (χ3v) is 12.2. The first-order chi connectivity index (χ1) is 27.2. The van der Waals surface area contributed by atoms with Crippen molar-refractivity contribution in [2.75, 3.05) is 0 Å². The molecule has 0 saturated carbocycles. The van der Waals surface area contributed by atoms with Gasteiger partial charge in [-0.25, -0.2) is 0 Å². The van der Waals surface area contributed by atoms with Crippen LogP contribution in [0.4, 0.5) is 0 Å². The van der Waals surface area contributed by atoms with E-state index in [0.29, 0.717) is 0 Å². The minimum absolute atomic E-state index is 1.24. The second-order valence-corrected chi connectivity index (χ2v) is 15.2. The van der Waals surface area contributed by atoms with E-state index in [1.807, 2.05) is 0 Å². The molecular weight excluding hydrogens is 661 g/mol. The number of aryl methyl sites for hydroxylation is 1. The lowest BCUT2D eigenvalue weighted by molar-refractivity contribution is 1.48. The van der Waals surface area contributed by atoms with E-state index in [9.17, 15) is 0 Å². The molecule has 0 bridgehead atoms. The molecule has 2 aliphatic rings. The molecular formula is C55H34. The molecule has 0 unspecified atom stereocenters. The Hall–Kier alpha value is -7.02. The zero-order valence-corrected chi connectivity index (χ0v) is 30.4. The van der Waals surface area contributed by atoms with Crippen molar-refractivity contribution in [3.8, 4) is 89.0 Å². The van der Waals surface area contributed by atoms with Crippen LogP contribution < -0.4 is 0 Å². The van der Waals surface area contributed by atoms with Crippen LogP contribution in [0.3, 0.4) is 0 Å². The molecule has 12 rings (SSSR count). The molecule has 0 heterocycles. The van der Waals surface area contributed by atoms with Gasteiger partial charge in [0.25, 0.3) is 0 Å². The fourth-order valence-corrected chi connectivity index (χ4v) is 9.92. The molecule has 2 aliphatic carbocycles. The van der Waals surface area contributed by atoms with Gasteiger partial charge in [-0.05, 0) is 134 Å². The molecule has 10 aromatic rings. The SMILES string of the molecule is Cc1ccc2c(c1)-c1cccc3c(-c4ccc5c(-c6ccccc6)c6c(c(-c7ccccc7)c5c4)-c4ccc(-c5ccccc5)c5cccc-6c45)ccc-2c13. The molecule has 0 saturated heterocycles. The Kier molecular flexibility index (Phi) is 6.36. The lowest BCUT2D eigenvalue weighted by Gasteiger charge is -2.21. The van der Waals surface area contributed by atoms with Crippen molar-refractivity contribution in [3.05, 3.63) is 194 Å². The quantitative estimate of drug-likeness (QED) is 0.172. The van der Waals surface area contributed by atoms with Crippen molar-refractivity contribution in [1.82, 2.24) is 0 Å². The summed E-state index contributed by atoms with van der Waals surface area (Å²) in [5.41, 5.74) is 22.0. The molecule has 0 amide bonds. The zero-order valence-electron chi connectivity index (χ0n) is 30.4. The molecule has 0 aromatic heterocycles. The van der Waals surface area contributed by atoms with Gasteiger partial charge in [-0.3, -0.25) is 0 Å². The molecule has 254 valence electrons. The van der Waals surface area contributed by atoms with Gasteiger partial charge in [-0.1, -0.05) is 188 Å². The second-order valence-electron chi connectivity index (χ2n) is 15.2. The van der Waals surface area contributed by atoms with Crippen LogP contribution in [-0.2, 0) is 0 Å². The predicted octanol–water partition coefficient (Wildman–Crippen LogP) is 15.4. The van der Waals surface area contributed by atoms with Crippen molar-refractivity contribution >= 4 is 32.3 Å². The van der Waals surface area contributed by atoms with E-state index in [2.05, 4.69) is 195 Å². The molecule has 55 heavy (non-hydrogen) atoms. The fourth-order valence-electron chi connectivity index (χ4n) is 9.92. The summed E-state index contributed by atoms with van der Waals surface area (Å²) in [6, 6.07) is 70.3. The summed E-state index contributed by atoms with van der Waals surface area (Å²) in [4.78, 5) is 0. The number of fused-ring (bicyclic) bond motifs is 7. The Labute approximate surface area is 320 Å². The zero-order chi connectivity index (χ0) is 36.2. The third-order valence-electron chi connectivity index (χ3n) is 12.2. The van der Waals surface area contributed by atoms with Crippen molar-refractivity contribution in [1.29, 1.82) is 0 Å². The minimum atomic E-state index is 1.24. The maximum atomic E-state index is 2.49. The molecule has 10 aromatic carbocycles. The maximum absolute atomic E-state index is 2.49. The van der Waals surface area contributed by atoms with Gasteiger partial charge in [-0.15, -0.1) is 0 Å². The Balaban J connectivity index is 1.20. The van der Waals surface area contributed by atoms with Gasteiger partial charge < -0.3 is 0 Å². The lowest BCUT2D eigenvalue weighted by Crippen LogP contribution is -1.94.